The fourth-order valence-electron chi connectivity index (χ4n) is 2.84. The lowest BCUT2D eigenvalue weighted by molar-refractivity contribution is 0.253. The maximum Gasteiger partial charge on any atom is 0.167 e. The average molecular weight is 266 g/mol. The molecule has 0 amide bonds. The molecule has 2 rings (SSSR count). The molecule has 3 atom stereocenters. The number of benzene rings is 1. The summed E-state index contributed by atoms with van der Waals surface area (Å²) in [6.07, 6.45) is 3.63. The summed E-state index contributed by atoms with van der Waals surface area (Å²) >= 11 is 0. The van der Waals surface area contributed by atoms with Crippen LogP contribution in [0.1, 0.15) is 33.1 Å². The number of halogens is 1. The Morgan fingerprint density at radius 2 is 2.05 bits per heavy atom. The minimum Gasteiger partial charge on any atom is -0.494 e. The molecule has 1 aromatic rings. The van der Waals surface area contributed by atoms with Crippen LogP contribution in [-0.4, -0.2) is 13.2 Å². The van der Waals surface area contributed by atoms with Gasteiger partial charge < -0.3 is 15.8 Å². The van der Waals surface area contributed by atoms with Gasteiger partial charge in [-0.3, -0.25) is 0 Å². The number of nitrogens with two attached hydrogens (primary N) is 1. The Balaban J connectivity index is 2.18. The molecule has 1 saturated carbocycles. The molecular formula is C15H23FN2O. The summed E-state index contributed by atoms with van der Waals surface area (Å²) < 4.78 is 18.5. The summed E-state index contributed by atoms with van der Waals surface area (Å²) in [5.74, 6) is 1.10. The predicted molar refractivity (Wildman–Crippen MR) is 77.0 cm³/mol. The zero-order chi connectivity index (χ0) is 14.0. The van der Waals surface area contributed by atoms with E-state index in [1.54, 1.807) is 6.07 Å². The third kappa shape index (κ3) is 2.94. The Morgan fingerprint density at radius 3 is 2.74 bits per heavy atom. The van der Waals surface area contributed by atoms with Crippen LogP contribution in [0.25, 0.3) is 0 Å². The molecule has 3 N–H and O–H groups in total. The smallest absolute Gasteiger partial charge is 0.167 e. The first-order chi connectivity index (χ1) is 9.02. The Kier molecular flexibility index (Phi) is 4.17. The lowest BCUT2D eigenvalue weighted by atomic mass is 9.78. The zero-order valence-corrected chi connectivity index (χ0v) is 11.9. The van der Waals surface area contributed by atoms with E-state index < -0.39 is 5.82 Å². The molecule has 3 unspecified atom stereocenters. The van der Waals surface area contributed by atoms with E-state index in [4.69, 9.17) is 10.5 Å². The zero-order valence-electron chi connectivity index (χ0n) is 11.9. The van der Waals surface area contributed by atoms with Crippen molar-refractivity contribution in [1.29, 1.82) is 0 Å². The normalized spacial score (nSPS) is 27.1. The summed E-state index contributed by atoms with van der Waals surface area (Å²) in [4.78, 5) is 0. The van der Waals surface area contributed by atoms with Gasteiger partial charge in [-0.2, -0.15) is 0 Å². The molecule has 0 saturated heterocycles. The highest BCUT2D eigenvalue weighted by molar-refractivity contribution is 5.69. The molecule has 0 spiro atoms. The molecule has 106 valence electrons. The number of methoxy groups -OCH3 is 1. The second-order valence-corrected chi connectivity index (χ2v) is 5.59. The van der Waals surface area contributed by atoms with Crippen molar-refractivity contribution in [3.8, 4) is 5.75 Å². The summed E-state index contributed by atoms with van der Waals surface area (Å²) in [5, 5.41) is 3.46. The van der Waals surface area contributed by atoms with Gasteiger partial charge in [0.1, 0.15) is 0 Å². The molecule has 4 heteroatoms. The van der Waals surface area contributed by atoms with E-state index >= 15 is 0 Å². The second kappa shape index (κ2) is 5.68. The average Bonchev–Trinajstić information content (AvgIpc) is 2.38. The van der Waals surface area contributed by atoms with E-state index in [-0.39, 0.29) is 5.75 Å². The Bertz CT molecular complexity index is 450. The molecule has 1 aromatic carbocycles. The van der Waals surface area contributed by atoms with Crippen LogP contribution < -0.4 is 15.8 Å². The first-order valence-corrected chi connectivity index (χ1v) is 6.92. The maximum absolute atomic E-state index is 13.5. The second-order valence-electron chi connectivity index (χ2n) is 5.59. The van der Waals surface area contributed by atoms with Gasteiger partial charge in [-0.25, -0.2) is 4.39 Å². The van der Waals surface area contributed by atoms with Crippen molar-refractivity contribution in [1.82, 2.24) is 0 Å². The molecule has 1 aliphatic rings. The van der Waals surface area contributed by atoms with Gasteiger partial charge in [0.25, 0.3) is 0 Å². The number of anilines is 2. The van der Waals surface area contributed by atoms with Crippen LogP contribution >= 0.6 is 0 Å². The van der Waals surface area contributed by atoms with Gasteiger partial charge in [-0.1, -0.05) is 26.7 Å². The molecule has 3 nitrogen and oxygen atoms in total. The van der Waals surface area contributed by atoms with Gasteiger partial charge in [0.15, 0.2) is 11.6 Å². The number of nitrogens with one attached hydrogen (secondary N) is 1. The number of hydrogen-bond donors (Lipinski definition) is 2. The quantitative estimate of drug-likeness (QED) is 0.821. The van der Waals surface area contributed by atoms with Gasteiger partial charge in [0.2, 0.25) is 0 Å². The summed E-state index contributed by atoms with van der Waals surface area (Å²) in [5.41, 5.74) is 7.09. The predicted octanol–water partition coefficient (Wildman–Crippen LogP) is 3.65. The first-order valence-electron chi connectivity index (χ1n) is 6.92. The van der Waals surface area contributed by atoms with Crippen molar-refractivity contribution >= 4 is 11.4 Å². The Hall–Kier alpha value is -1.45. The summed E-state index contributed by atoms with van der Waals surface area (Å²) in [6, 6.07) is 3.36. The molecule has 1 fully saturated rings. The summed E-state index contributed by atoms with van der Waals surface area (Å²) in [6.45, 7) is 4.55. The third-order valence-corrected chi connectivity index (χ3v) is 4.37. The molecule has 0 radical (unpaired) electrons. The Labute approximate surface area is 114 Å². The number of rotatable bonds is 3. The van der Waals surface area contributed by atoms with Crippen molar-refractivity contribution in [2.75, 3.05) is 18.2 Å². The molecule has 0 aromatic heterocycles. The lowest BCUT2D eigenvalue weighted by Crippen LogP contribution is -2.35. The fourth-order valence-corrected chi connectivity index (χ4v) is 2.84. The molecule has 0 aliphatic heterocycles. The SMILES string of the molecule is COc1cc(NC2CCCC(C)C2C)c(N)cc1F. The van der Waals surface area contributed by atoms with Gasteiger partial charge in [0, 0.05) is 18.2 Å². The van der Waals surface area contributed by atoms with Gasteiger partial charge >= 0.3 is 0 Å². The van der Waals surface area contributed by atoms with Gasteiger partial charge in [-0.05, 0) is 18.3 Å². The van der Waals surface area contributed by atoms with E-state index in [9.17, 15) is 4.39 Å². The number of nitrogen functional groups attached to an aromatic ring is 1. The van der Waals surface area contributed by atoms with Crippen molar-refractivity contribution < 1.29 is 9.13 Å². The van der Waals surface area contributed by atoms with Crippen LogP contribution in [0, 0.1) is 17.7 Å². The number of ether oxygens (including phenoxy) is 1. The van der Waals surface area contributed by atoms with Crippen molar-refractivity contribution in [3.63, 3.8) is 0 Å². The topological polar surface area (TPSA) is 47.3 Å². The van der Waals surface area contributed by atoms with Crippen LogP contribution in [-0.2, 0) is 0 Å². The van der Waals surface area contributed by atoms with Crippen LogP contribution in [0.15, 0.2) is 12.1 Å². The highest BCUT2D eigenvalue weighted by Gasteiger charge is 2.27. The van der Waals surface area contributed by atoms with E-state index in [0.29, 0.717) is 23.6 Å². The van der Waals surface area contributed by atoms with Crippen LogP contribution in [0.4, 0.5) is 15.8 Å². The van der Waals surface area contributed by atoms with E-state index in [1.807, 2.05) is 0 Å². The largest absolute Gasteiger partial charge is 0.494 e. The van der Waals surface area contributed by atoms with Crippen molar-refractivity contribution in [2.24, 2.45) is 11.8 Å². The number of hydrogen-bond acceptors (Lipinski definition) is 3. The van der Waals surface area contributed by atoms with E-state index in [2.05, 4.69) is 19.2 Å². The molecule has 19 heavy (non-hydrogen) atoms. The lowest BCUT2D eigenvalue weighted by Gasteiger charge is -2.35. The van der Waals surface area contributed by atoms with Crippen LogP contribution in [0.5, 0.6) is 5.75 Å². The van der Waals surface area contributed by atoms with Crippen molar-refractivity contribution in [2.45, 2.75) is 39.2 Å². The standard InChI is InChI=1S/C15H23FN2O/c1-9-5-4-6-13(10(9)2)18-14-8-15(19-3)11(16)7-12(14)17/h7-10,13,18H,4-6,17H2,1-3H3. The third-order valence-electron chi connectivity index (χ3n) is 4.37. The Morgan fingerprint density at radius 1 is 1.32 bits per heavy atom. The highest BCUT2D eigenvalue weighted by atomic mass is 19.1. The fraction of sp³-hybridized carbons (Fsp3) is 0.600. The minimum absolute atomic E-state index is 0.230. The summed E-state index contributed by atoms with van der Waals surface area (Å²) in [7, 11) is 1.46. The monoisotopic (exact) mass is 266 g/mol. The molecule has 0 bridgehead atoms. The van der Waals surface area contributed by atoms with E-state index in [0.717, 1.165) is 12.1 Å². The first kappa shape index (κ1) is 14.0. The van der Waals surface area contributed by atoms with Crippen LogP contribution in [0.2, 0.25) is 0 Å². The minimum atomic E-state index is -0.421. The maximum atomic E-state index is 13.5. The van der Waals surface area contributed by atoms with Crippen LogP contribution in [0.3, 0.4) is 0 Å². The van der Waals surface area contributed by atoms with Gasteiger partial charge in [0.05, 0.1) is 18.5 Å². The molecule has 1 aliphatic carbocycles. The molecular weight excluding hydrogens is 243 g/mol. The van der Waals surface area contributed by atoms with E-state index in [1.165, 1.54) is 26.0 Å². The molecule has 0 heterocycles. The highest BCUT2D eigenvalue weighted by Crippen LogP contribution is 2.34. The van der Waals surface area contributed by atoms with Crippen molar-refractivity contribution in [3.05, 3.63) is 17.9 Å². The van der Waals surface area contributed by atoms with Gasteiger partial charge in [-0.15, -0.1) is 0 Å².